The minimum Gasteiger partial charge on any atom is -0.429 e. The SMILES string of the molecule is CCCCCc1ccc(-c2cc(F)c(C#Cc3cc(F)c(C(F)(F)Oc4cc(F)c(F)c(F)c4)c(F)c3)c(F)c2)nc1. The summed E-state index contributed by atoms with van der Waals surface area (Å²) in [6, 6.07) is 6.22. The quantitative estimate of drug-likeness (QED) is 0.0881. The number of ether oxygens (including phenoxy) is 1. The lowest BCUT2D eigenvalue weighted by atomic mass is 10.0. The first kappa shape index (κ1) is 30.5. The average molecular weight is 593 g/mol. The van der Waals surface area contributed by atoms with Crippen molar-refractivity contribution in [3.8, 4) is 28.8 Å². The van der Waals surface area contributed by atoms with E-state index in [0.29, 0.717) is 17.8 Å². The van der Waals surface area contributed by atoms with Gasteiger partial charge in [0.05, 0.1) is 11.3 Å². The number of nitrogens with zero attached hydrogens (tertiary/aromatic N) is 1. The fourth-order valence-electron chi connectivity index (χ4n) is 4.01. The summed E-state index contributed by atoms with van der Waals surface area (Å²) in [5.74, 6) is -8.69. The van der Waals surface area contributed by atoms with Gasteiger partial charge in [0.2, 0.25) is 0 Å². The van der Waals surface area contributed by atoms with Crippen LogP contribution in [-0.4, -0.2) is 4.98 Å². The molecule has 0 saturated heterocycles. The number of halogens is 9. The molecule has 4 rings (SSSR count). The summed E-state index contributed by atoms with van der Waals surface area (Å²) in [7, 11) is 0. The standard InChI is InChI=1S/C31H20F9NO/c1-2-3-4-5-17-7-9-28(41-16-17)19-12-22(32)21(23(33)13-19)8-6-18-10-24(34)29(25(35)11-18)31(39,40)42-20-14-26(36)30(38)27(37)15-20/h7,9-16H,2-5H2,1H3. The van der Waals surface area contributed by atoms with E-state index in [-0.39, 0.29) is 17.7 Å². The number of alkyl halides is 2. The Kier molecular flexibility index (Phi) is 9.14. The Hall–Kier alpha value is -4.46. The third-order valence-electron chi connectivity index (χ3n) is 6.10. The normalized spacial score (nSPS) is 11.3. The Morgan fingerprint density at radius 1 is 0.738 bits per heavy atom. The molecule has 0 aliphatic rings. The molecule has 0 N–H and O–H groups in total. The van der Waals surface area contributed by atoms with Crippen molar-refractivity contribution in [2.24, 2.45) is 0 Å². The van der Waals surface area contributed by atoms with Gasteiger partial charge >= 0.3 is 6.11 Å². The molecule has 0 aliphatic heterocycles. The second-order valence-electron chi connectivity index (χ2n) is 9.21. The molecule has 1 aromatic heterocycles. The molecule has 0 spiro atoms. The molecule has 0 saturated carbocycles. The molecule has 42 heavy (non-hydrogen) atoms. The predicted octanol–water partition coefficient (Wildman–Crippen LogP) is 8.98. The number of aromatic nitrogens is 1. The molecule has 0 amide bonds. The van der Waals surface area contributed by atoms with E-state index in [9.17, 15) is 39.5 Å². The highest BCUT2D eigenvalue weighted by atomic mass is 19.3. The van der Waals surface area contributed by atoms with E-state index in [4.69, 9.17) is 0 Å². The largest absolute Gasteiger partial charge is 0.432 e. The fourth-order valence-corrected chi connectivity index (χ4v) is 4.01. The summed E-state index contributed by atoms with van der Waals surface area (Å²) in [4.78, 5) is 4.24. The smallest absolute Gasteiger partial charge is 0.429 e. The van der Waals surface area contributed by atoms with Gasteiger partial charge in [-0.15, -0.1) is 0 Å². The summed E-state index contributed by atoms with van der Waals surface area (Å²) in [5, 5.41) is 0. The third kappa shape index (κ3) is 6.87. The van der Waals surface area contributed by atoms with E-state index in [0.717, 1.165) is 43.4 Å². The minimum atomic E-state index is -4.80. The predicted molar refractivity (Wildman–Crippen MR) is 136 cm³/mol. The number of unbranched alkanes of at least 4 members (excludes halogenated alkanes) is 2. The van der Waals surface area contributed by atoms with Crippen LogP contribution in [0.3, 0.4) is 0 Å². The van der Waals surface area contributed by atoms with Crippen LogP contribution < -0.4 is 4.74 Å². The Labute approximate surface area is 234 Å². The average Bonchev–Trinajstić information content (AvgIpc) is 2.91. The third-order valence-corrected chi connectivity index (χ3v) is 6.10. The lowest BCUT2D eigenvalue weighted by Gasteiger charge is -2.19. The van der Waals surface area contributed by atoms with Gasteiger partial charge in [0.1, 0.15) is 34.6 Å². The molecule has 4 aromatic rings. The van der Waals surface area contributed by atoms with E-state index in [1.165, 1.54) is 0 Å². The first-order valence-electron chi connectivity index (χ1n) is 12.6. The molecule has 3 aromatic carbocycles. The lowest BCUT2D eigenvalue weighted by Crippen LogP contribution is -2.25. The van der Waals surface area contributed by atoms with Gasteiger partial charge in [-0.25, -0.2) is 30.7 Å². The molecule has 0 fully saturated rings. The molecule has 1 heterocycles. The van der Waals surface area contributed by atoms with Crippen molar-refractivity contribution in [2.75, 3.05) is 0 Å². The van der Waals surface area contributed by atoms with Crippen molar-refractivity contribution >= 4 is 0 Å². The molecule has 218 valence electrons. The van der Waals surface area contributed by atoms with E-state index < -0.39 is 69.3 Å². The van der Waals surface area contributed by atoms with E-state index in [2.05, 4.69) is 28.5 Å². The molecule has 0 atom stereocenters. The first-order chi connectivity index (χ1) is 19.9. The van der Waals surface area contributed by atoms with Crippen LogP contribution in [0.25, 0.3) is 11.3 Å². The highest BCUT2D eigenvalue weighted by molar-refractivity contribution is 5.61. The number of hydrogen-bond acceptors (Lipinski definition) is 2. The van der Waals surface area contributed by atoms with Gasteiger partial charge in [-0.05, 0) is 48.7 Å². The van der Waals surface area contributed by atoms with E-state index in [1.54, 1.807) is 18.3 Å². The number of aryl methyl sites for hydroxylation is 1. The number of benzene rings is 3. The van der Waals surface area contributed by atoms with Gasteiger partial charge in [-0.1, -0.05) is 37.7 Å². The zero-order valence-corrected chi connectivity index (χ0v) is 21.8. The van der Waals surface area contributed by atoms with E-state index >= 15 is 0 Å². The molecule has 0 unspecified atom stereocenters. The zero-order valence-electron chi connectivity index (χ0n) is 21.8. The Morgan fingerprint density at radius 3 is 1.90 bits per heavy atom. The van der Waals surface area contributed by atoms with Gasteiger partial charge in [0, 0.05) is 29.5 Å². The fraction of sp³-hybridized carbons (Fsp3) is 0.194. The van der Waals surface area contributed by atoms with Gasteiger partial charge in [0.15, 0.2) is 17.5 Å². The number of rotatable bonds is 8. The van der Waals surface area contributed by atoms with Crippen molar-refractivity contribution < 1.29 is 44.3 Å². The highest BCUT2D eigenvalue weighted by Gasteiger charge is 2.41. The molecule has 0 bridgehead atoms. The van der Waals surface area contributed by atoms with Gasteiger partial charge < -0.3 is 4.74 Å². The summed E-state index contributed by atoms with van der Waals surface area (Å²) in [6.45, 7) is 2.08. The van der Waals surface area contributed by atoms with Crippen molar-refractivity contribution in [3.05, 3.63) is 118 Å². The molecular formula is C31H20F9NO. The molecular weight excluding hydrogens is 573 g/mol. The summed E-state index contributed by atoms with van der Waals surface area (Å²) >= 11 is 0. The van der Waals surface area contributed by atoms with Crippen LogP contribution in [0.15, 0.2) is 54.7 Å². The molecule has 0 radical (unpaired) electrons. The van der Waals surface area contributed by atoms with Crippen molar-refractivity contribution in [3.63, 3.8) is 0 Å². The topological polar surface area (TPSA) is 22.1 Å². The van der Waals surface area contributed by atoms with Crippen LogP contribution in [0.4, 0.5) is 39.5 Å². The van der Waals surface area contributed by atoms with Gasteiger partial charge in [-0.2, -0.15) is 8.78 Å². The minimum absolute atomic E-state index is 0.0656. The van der Waals surface area contributed by atoms with Gasteiger partial charge in [-0.3, -0.25) is 4.98 Å². The zero-order chi connectivity index (χ0) is 30.6. The molecule has 2 nitrogen and oxygen atoms in total. The number of pyridine rings is 1. The second-order valence-corrected chi connectivity index (χ2v) is 9.21. The maximum absolute atomic E-state index is 14.7. The van der Waals surface area contributed by atoms with Gasteiger partial charge in [0.25, 0.3) is 0 Å². The highest BCUT2D eigenvalue weighted by Crippen LogP contribution is 2.36. The maximum Gasteiger partial charge on any atom is 0.432 e. The van der Waals surface area contributed by atoms with Crippen LogP contribution >= 0.6 is 0 Å². The van der Waals surface area contributed by atoms with Crippen LogP contribution in [0, 0.1) is 52.6 Å². The van der Waals surface area contributed by atoms with E-state index in [1.807, 2.05) is 0 Å². The molecule has 11 heteroatoms. The van der Waals surface area contributed by atoms with Crippen LogP contribution in [0.5, 0.6) is 5.75 Å². The van der Waals surface area contributed by atoms with Crippen LogP contribution in [0.2, 0.25) is 0 Å². The Bertz CT molecular complexity index is 1610. The first-order valence-corrected chi connectivity index (χ1v) is 12.6. The number of hydrogen-bond donors (Lipinski definition) is 0. The summed E-state index contributed by atoms with van der Waals surface area (Å²) < 4.78 is 131. The van der Waals surface area contributed by atoms with Crippen molar-refractivity contribution in [1.82, 2.24) is 4.98 Å². The Balaban J connectivity index is 1.56. The Morgan fingerprint density at radius 2 is 1.36 bits per heavy atom. The van der Waals surface area contributed by atoms with Crippen molar-refractivity contribution in [2.45, 2.75) is 38.7 Å². The maximum atomic E-state index is 14.7. The van der Waals surface area contributed by atoms with Crippen LogP contribution in [-0.2, 0) is 12.5 Å². The second kappa shape index (κ2) is 12.6. The summed E-state index contributed by atoms with van der Waals surface area (Å²) in [5.41, 5.74) is -1.84. The molecule has 0 aliphatic carbocycles. The van der Waals surface area contributed by atoms with Crippen molar-refractivity contribution in [1.29, 1.82) is 0 Å². The lowest BCUT2D eigenvalue weighted by molar-refractivity contribution is -0.189. The van der Waals surface area contributed by atoms with Crippen LogP contribution in [0.1, 0.15) is 48.4 Å². The monoisotopic (exact) mass is 593 g/mol. The summed E-state index contributed by atoms with van der Waals surface area (Å²) in [6.07, 6.45) is 0.745.